The molecule has 1 saturated heterocycles. The fourth-order valence-electron chi connectivity index (χ4n) is 3.04. The molecule has 1 atom stereocenters. The van der Waals surface area contributed by atoms with Gasteiger partial charge in [0.25, 0.3) is 0 Å². The Labute approximate surface area is 172 Å². The predicted octanol–water partition coefficient (Wildman–Crippen LogP) is 2.19. The minimum atomic E-state index is -0.816. The highest BCUT2D eigenvalue weighted by Crippen LogP contribution is 2.33. The Morgan fingerprint density at radius 1 is 1.23 bits per heavy atom. The van der Waals surface area contributed by atoms with Gasteiger partial charge in [0.1, 0.15) is 12.0 Å². The SMILES string of the molecule is CC(O)Nc1nccc(-c2[nH]c(C3OCC(C)(N)CO3)nc2-c2ccc(F)cc2)n1. The molecule has 0 saturated carbocycles. The van der Waals surface area contributed by atoms with Crippen LogP contribution >= 0.6 is 0 Å². The van der Waals surface area contributed by atoms with E-state index < -0.39 is 18.1 Å². The molecule has 3 heterocycles. The summed E-state index contributed by atoms with van der Waals surface area (Å²) in [6.45, 7) is 4.04. The van der Waals surface area contributed by atoms with Gasteiger partial charge < -0.3 is 30.6 Å². The van der Waals surface area contributed by atoms with Gasteiger partial charge in [-0.25, -0.2) is 19.3 Å². The van der Waals surface area contributed by atoms with E-state index in [1.165, 1.54) is 12.1 Å². The zero-order chi connectivity index (χ0) is 21.3. The molecule has 0 aliphatic carbocycles. The van der Waals surface area contributed by atoms with Crippen LogP contribution in [0.4, 0.5) is 10.3 Å². The fourth-order valence-corrected chi connectivity index (χ4v) is 3.04. The Morgan fingerprint density at radius 3 is 2.60 bits per heavy atom. The molecule has 10 heteroatoms. The van der Waals surface area contributed by atoms with Gasteiger partial charge in [-0.05, 0) is 44.2 Å². The number of nitrogens with one attached hydrogen (secondary N) is 2. The number of aliphatic hydroxyl groups is 1. The van der Waals surface area contributed by atoms with Crippen molar-refractivity contribution in [3.63, 3.8) is 0 Å². The molecule has 9 nitrogen and oxygen atoms in total. The lowest BCUT2D eigenvalue weighted by atomic mass is 10.1. The number of hydrogen-bond donors (Lipinski definition) is 4. The van der Waals surface area contributed by atoms with Gasteiger partial charge in [0.05, 0.1) is 35.8 Å². The summed E-state index contributed by atoms with van der Waals surface area (Å²) in [5, 5.41) is 12.3. The predicted molar refractivity (Wildman–Crippen MR) is 108 cm³/mol. The number of hydrogen-bond acceptors (Lipinski definition) is 8. The Kier molecular flexibility index (Phi) is 5.48. The van der Waals surface area contributed by atoms with Gasteiger partial charge in [-0.3, -0.25) is 0 Å². The first-order chi connectivity index (χ1) is 14.3. The van der Waals surface area contributed by atoms with E-state index in [0.717, 1.165) is 0 Å². The van der Waals surface area contributed by atoms with Crippen molar-refractivity contribution in [2.24, 2.45) is 5.73 Å². The van der Waals surface area contributed by atoms with Crippen LogP contribution in [0.1, 0.15) is 26.0 Å². The van der Waals surface area contributed by atoms with Gasteiger partial charge in [-0.2, -0.15) is 0 Å². The van der Waals surface area contributed by atoms with Gasteiger partial charge in [0.15, 0.2) is 5.82 Å². The third-order valence-electron chi connectivity index (χ3n) is 4.44. The van der Waals surface area contributed by atoms with Crippen molar-refractivity contribution < 1.29 is 19.0 Å². The second kappa shape index (κ2) is 8.07. The summed E-state index contributed by atoms with van der Waals surface area (Å²) >= 11 is 0. The molecule has 4 rings (SSSR count). The average molecular weight is 414 g/mol. The number of nitrogens with zero attached hydrogens (tertiary/aromatic N) is 3. The first kappa shape index (κ1) is 20.4. The number of aliphatic hydroxyl groups excluding tert-OH is 1. The molecule has 0 radical (unpaired) electrons. The molecule has 1 aliphatic rings. The zero-order valence-corrected chi connectivity index (χ0v) is 16.6. The van der Waals surface area contributed by atoms with E-state index >= 15 is 0 Å². The summed E-state index contributed by atoms with van der Waals surface area (Å²) < 4.78 is 24.9. The topological polar surface area (TPSA) is 131 Å². The maximum Gasteiger partial charge on any atom is 0.225 e. The summed E-state index contributed by atoms with van der Waals surface area (Å²) in [6, 6.07) is 7.70. The van der Waals surface area contributed by atoms with Crippen LogP contribution in [0, 0.1) is 5.82 Å². The lowest BCUT2D eigenvalue weighted by Gasteiger charge is -2.33. The monoisotopic (exact) mass is 414 g/mol. The Bertz CT molecular complexity index is 1010. The lowest BCUT2D eigenvalue weighted by molar-refractivity contribution is -0.211. The maximum absolute atomic E-state index is 13.4. The van der Waals surface area contributed by atoms with E-state index in [1.54, 1.807) is 31.3 Å². The van der Waals surface area contributed by atoms with Crippen molar-refractivity contribution in [3.05, 3.63) is 48.2 Å². The number of aromatic nitrogens is 4. The smallest absolute Gasteiger partial charge is 0.225 e. The first-order valence-electron chi connectivity index (χ1n) is 9.47. The van der Waals surface area contributed by atoms with Gasteiger partial charge in [-0.15, -0.1) is 0 Å². The van der Waals surface area contributed by atoms with Crippen molar-refractivity contribution in [3.8, 4) is 22.6 Å². The van der Waals surface area contributed by atoms with Crippen LogP contribution < -0.4 is 11.1 Å². The van der Waals surface area contributed by atoms with Crippen LogP contribution in [0.2, 0.25) is 0 Å². The molecule has 0 amide bonds. The molecule has 1 fully saturated rings. The van der Waals surface area contributed by atoms with Crippen molar-refractivity contribution >= 4 is 5.95 Å². The van der Waals surface area contributed by atoms with Crippen LogP contribution in [0.25, 0.3) is 22.6 Å². The van der Waals surface area contributed by atoms with Crippen LogP contribution in [0.15, 0.2) is 36.5 Å². The third kappa shape index (κ3) is 4.46. The van der Waals surface area contributed by atoms with Crippen molar-refractivity contribution in [2.75, 3.05) is 18.5 Å². The molecule has 0 spiro atoms. The van der Waals surface area contributed by atoms with Gasteiger partial charge in [-0.1, -0.05) is 0 Å². The molecule has 2 aromatic heterocycles. The highest BCUT2D eigenvalue weighted by Gasteiger charge is 2.32. The molecule has 1 aromatic carbocycles. The maximum atomic E-state index is 13.4. The van der Waals surface area contributed by atoms with E-state index in [0.29, 0.717) is 41.7 Å². The fraction of sp³-hybridized carbons (Fsp3) is 0.350. The number of halogens is 1. The second-order valence-corrected chi connectivity index (χ2v) is 7.55. The number of ether oxygens (including phenoxy) is 2. The number of nitrogens with two attached hydrogens (primary N) is 1. The molecule has 158 valence electrons. The Hall–Kier alpha value is -2.92. The summed E-state index contributed by atoms with van der Waals surface area (Å²) in [7, 11) is 0. The molecule has 0 bridgehead atoms. The van der Waals surface area contributed by atoms with E-state index in [-0.39, 0.29) is 11.8 Å². The van der Waals surface area contributed by atoms with Crippen LogP contribution in [-0.4, -0.2) is 50.0 Å². The first-order valence-corrected chi connectivity index (χ1v) is 9.47. The van der Waals surface area contributed by atoms with E-state index in [2.05, 4.69) is 25.3 Å². The number of anilines is 1. The number of imidazole rings is 1. The van der Waals surface area contributed by atoms with Gasteiger partial charge >= 0.3 is 0 Å². The molecular formula is C20H23FN6O3. The van der Waals surface area contributed by atoms with Crippen LogP contribution in [0.5, 0.6) is 0 Å². The Balaban J connectivity index is 1.74. The second-order valence-electron chi connectivity index (χ2n) is 7.55. The minimum absolute atomic E-state index is 0.257. The average Bonchev–Trinajstić information content (AvgIpc) is 3.13. The quantitative estimate of drug-likeness (QED) is 0.467. The summed E-state index contributed by atoms with van der Waals surface area (Å²) in [5.41, 5.74) is 7.84. The van der Waals surface area contributed by atoms with Crippen molar-refractivity contribution in [2.45, 2.75) is 31.9 Å². The van der Waals surface area contributed by atoms with Crippen molar-refractivity contribution in [1.82, 2.24) is 19.9 Å². The van der Waals surface area contributed by atoms with E-state index in [4.69, 9.17) is 15.2 Å². The van der Waals surface area contributed by atoms with Crippen LogP contribution in [0.3, 0.4) is 0 Å². The number of aromatic amines is 1. The van der Waals surface area contributed by atoms with Crippen molar-refractivity contribution in [1.29, 1.82) is 0 Å². The van der Waals surface area contributed by atoms with E-state index in [1.807, 2.05) is 6.92 Å². The molecule has 1 aliphatic heterocycles. The minimum Gasteiger partial charge on any atom is -0.374 e. The van der Waals surface area contributed by atoms with Gasteiger partial charge in [0, 0.05) is 11.8 Å². The highest BCUT2D eigenvalue weighted by atomic mass is 19.1. The normalized spacial score (nSPS) is 22.6. The number of benzene rings is 1. The Morgan fingerprint density at radius 2 is 1.93 bits per heavy atom. The standard InChI is InChI=1S/C20H23FN6O3/c1-11(28)24-19-23-8-7-14(25-19)16-15(12-3-5-13(21)6-4-12)26-17(27-16)18-29-9-20(2,22)10-30-18/h3-8,11,18,28H,9-10,22H2,1-2H3,(H,26,27)(H,23,24,25). The highest BCUT2D eigenvalue weighted by molar-refractivity contribution is 5.77. The molecular weight excluding hydrogens is 391 g/mol. The third-order valence-corrected chi connectivity index (χ3v) is 4.44. The largest absolute Gasteiger partial charge is 0.374 e. The zero-order valence-electron chi connectivity index (χ0n) is 16.6. The van der Waals surface area contributed by atoms with Gasteiger partial charge in [0.2, 0.25) is 12.2 Å². The summed E-state index contributed by atoms with van der Waals surface area (Å²) in [5.74, 6) is 0.360. The lowest BCUT2D eigenvalue weighted by Crippen LogP contribution is -2.50. The molecule has 1 unspecified atom stereocenters. The van der Waals surface area contributed by atoms with Crippen LogP contribution in [-0.2, 0) is 9.47 Å². The summed E-state index contributed by atoms with van der Waals surface area (Å²) in [4.78, 5) is 16.4. The number of rotatable bonds is 5. The molecule has 3 aromatic rings. The number of H-pyrrole nitrogens is 1. The summed E-state index contributed by atoms with van der Waals surface area (Å²) in [6.07, 6.45) is 0.0328. The molecule has 30 heavy (non-hydrogen) atoms. The molecule has 5 N–H and O–H groups in total. The van der Waals surface area contributed by atoms with E-state index in [9.17, 15) is 9.50 Å².